The van der Waals surface area contributed by atoms with Crippen LogP contribution >= 0.6 is 11.3 Å². The van der Waals surface area contributed by atoms with Gasteiger partial charge >= 0.3 is 5.97 Å². The molecule has 8 nitrogen and oxygen atoms in total. The molecule has 0 saturated carbocycles. The second-order valence-corrected chi connectivity index (χ2v) is 6.00. The number of esters is 1. The van der Waals surface area contributed by atoms with Crippen molar-refractivity contribution in [3.63, 3.8) is 0 Å². The first kappa shape index (κ1) is 15.8. The van der Waals surface area contributed by atoms with Gasteiger partial charge in [-0.25, -0.2) is 14.5 Å². The zero-order valence-corrected chi connectivity index (χ0v) is 13.4. The molecule has 0 aliphatic heterocycles. The van der Waals surface area contributed by atoms with E-state index in [2.05, 4.69) is 14.8 Å². The zero-order valence-electron chi connectivity index (χ0n) is 12.6. The highest BCUT2D eigenvalue weighted by molar-refractivity contribution is 7.13. The average Bonchev–Trinajstić information content (AvgIpc) is 3.24. The standard InChI is InChI=1S/C15H12N4O4S/c1-23-15(20)13-7-6-12(24-13)8-18-9-16-14(17-18)10-2-4-11(5-3-10)19(21)22/h2-7,9H,8H2,1H3. The van der Waals surface area contributed by atoms with Gasteiger partial charge in [-0.2, -0.15) is 5.10 Å². The summed E-state index contributed by atoms with van der Waals surface area (Å²) in [6.07, 6.45) is 1.58. The third-order valence-corrected chi connectivity index (χ3v) is 4.29. The molecule has 0 bridgehead atoms. The number of nitro benzene ring substituents is 1. The smallest absolute Gasteiger partial charge is 0.348 e. The van der Waals surface area contributed by atoms with Crippen LogP contribution in [0.2, 0.25) is 0 Å². The van der Waals surface area contributed by atoms with Crippen LogP contribution < -0.4 is 0 Å². The molecule has 3 aromatic rings. The topological polar surface area (TPSA) is 100 Å². The number of non-ortho nitro benzene ring substituents is 1. The molecule has 0 amide bonds. The van der Waals surface area contributed by atoms with E-state index < -0.39 is 4.92 Å². The molecule has 3 rings (SSSR count). The van der Waals surface area contributed by atoms with Gasteiger partial charge < -0.3 is 4.74 Å². The van der Waals surface area contributed by atoms with Crippen LogP contribution in [0.4, 0.5) is 5.69 Å². The van der Waals surface area contributed by atoms with E-state index in [1.54, 1.807) is 29.2 Å². The predicted molar refractivity (Wildman–Crippen MR) is 86.9 cm³/mol. The fourth-order valence-electron chi connectivity index (χ4n) is 2.07. The van der Waals surface area contributed by atoms with Gasteiger partial charge in [-0.15, -0.1) is 11.3 Å². The molecule has 0 N–H and O–H groups in total. The molecule has 0 radical (unpaired) electrons. The van der Waals surface area contributed by atoms with Crippen LogP contribution in [0.5, 0.6) is 0 Å². The highest BCUT2D eigenvalue weighted by Crippen LogP contribution is 2.21. The first-order valence-electron chi connectivity index (χ1n) is 6.88. The molecule has 0 aliphatic carbocycles. The lowest BCUT2D eigenvalue weighted by Crippen LogP contribution is -1.99. The number of nitrogens with zero attached hydrogens (tertiary/aromatic N) is 4. The Kier molecular flexibility index (Phi) is 4.34. The van der Waals surface area contributed by atoms with Crippen molar-refractivity contribution in [2.75, 3.05) is 7.11 Å². The Morgan fingerprint density at radius 2 is 2.04 bits per heavy atom. The molecular weight excluding hydrogens is 332 g/mol. The molecule has 2 heterocycles. The second kappa shape index (κ2) is 6.59. The number of carbonyl (C=O) groups excluding carboxylic acids is 1. The highest BCUT2D eigenvalue weighted by Gasteiger charge is 2.11. The second-order valence-electron chi connectivity index (χ2n) is 4.83. The van der Waals surface area contributed by atoms with Crippen molar-refractivity contribution in [2.45, 2.75) is 6.54 Å². The van der Waals surface area contributed by atoms with E-state index >= 15 is 0 Å². The first-order valence-corrected chi connectivity index (χ1v) is 7.70. The number of carbonyl (C=O) groups is 1. The number of nitro groups is 1. The van der Waals surface area contributed by atoms with E-state index in [0.717, 1.165) is 4.88 Å². The molecule has 0 saturated heterocycles. The monoisotopic (exact) mass is 344 g/mol. The van der Waals surface area contributed by atoms with Crippen LogP contribution in [-0.4, -0.2) is 32.8 Å². The van der Waals surface area contributed by atoms with Gasteiger partial charge in [0.05, 0.1) is 18.6 Å². The molecule has 122 valence electrons. The van der Waals surface area contributed by atoms with E-state index in [4.69, 9.17) is 0 Å². The van der Waals surface area contributed by atoms with Crippen molar-refractivity contribution in [3.8, 4) is 11.4 Å². The van der Waals surface area contributed by atoms with Crippen molar-refractivity contribution in [3.05, 3.63) is 62.6 Å². The molecule has 0 unspecified atom stereocenters. The summed E-state index contributed by atoms with van der Waals surface area (Å²) in [7, 11) is 1.34. The summed E-state index contributed by atoms with van der Waals surface area (Å²) in [4.78, 5) is 27.3. The summed E-state index contributed by atoms with van der Waals surface area (Å²) in [5.41, 5.74) is 0.716. The molecule has 24 heavy (non-hydrogen) atoms. The van der Waals surface area contributed by atoms with Crippen LogP contribution in [0.25, 0.3) is 11.4 Å². The van der Waals surface area contributed by atoms with Gasteiger partial charge in [0, 0.05) is 22.6 Å². The number of aromatic nitrogens is 3. The van der Waals surface area contributed by atoms with Crippen LogP contribution in [0.1, 0.15) is 14.5 Å². The predicted octanol–water partition coefficient (Wildman–Crippen LogP) is 2.75. The lowest BCUT2D eigenvalue weighted by Gasteiger charge is -1.98. The molecule has 1 aromatic carbocycles. The van der Waals surface area contributed by atoms with Gasteiger partial charge in [0.1, 0.15) is 11.2 Å². The lowest BCUT2D eigenvalue weighted by molar-refractivity contribution is -0.384. The minimum absolute atomic E-state index is 0.0205. The van der Waals surface area contributed by atoms with Crippen molar-refractivity contribution in [1.29, 1.82) is 0 Å². The number of thiophene rings is 1. The van der Waals surface area contributed by atoms with Crippen LogP contribution in [-0.2, 0) is 11.3 Å². The third kappa shape index (κ3) is 3.30. The Hall–Kier alpha value is -3.07. The minimum atomic E-state index is -0.453. The van der Waals surface area contributed by atoms with E-state index in [1.807, 2.05) is 6.07 Å². The van der Waals surface area contributed by atoms with Crippen LogP contribution in [0.3, 0.4) is 0 Å². The number of rotatable bonds is 5. The average molecular weight is 344 g/mol. The molecule has 0 aliphatic rings. The maximum Gasteiger partial charge on any atom is 0.348 e. The summed E-state index contributed by atoms with van der Waals surface area (Å²) in [5, 5.41) is 15.0. The van der Waals surface area contributed by atoms with E-state index in [-0.39, 0.29) is 11.7 Å². The fourth-order valence-corrected chi connectivity index (χ4v) is 2.99. The van der Waals surface area contributed by atoms with Crippen LogP contribution in [0, 0.1) is 10.1 Å². The third-order valence-electron chi connectivity index (χ3n) is 3.24. The fraction of sp³-hybridized carbons (Fsp3) is 0.133. The molecule has 0 spiro atoms. The summed E-state index contributed by atoms with van der Waals surface area (Å²) in [5.74, 6) is 0.117. The Morgan fingerprint density at radius 1 is 1.29 bits per heavy atom. The molecule has 2 aromatic heterocycles. The molecule has 0 fully saturated rings. The normalized spacial score (nSPS) is 10.5. The van der Waals surface area contributed by atoms with Gasteiger partial charge in [-0.1, -0.05) is 0 Å². The maximum absolute atomic E-state index is 11.4. The van der Waals surface area contributed by atoms with Gasteiger partial charge in [-0.05, 0) is 24.3 Å². The summed E-state index contributed by atoms with van der Waals surface area (Å²) in [6.45, 7) is 0.474. The Balaban J connectivity index is 1.74. The number of benzene rings is 1. The van der Waals surface area contributed by atoms with E-state index in [1.165, 1.54) is 30.6 Å². The Morgan fingerprint density at radius 3 is 2.71 bits per heavy atom. The molecular formula is C15H12N4O4S. The van der Waals surface area contributed by atoms with Crippen molar-refractivity contribution >= 4 is 23.0 Å². The van der Waals surface area contributed by atoms with Crippen molar-refractivity contribution in [2.24, 2.45) is 0 Å². The summed E-state index contributed by atoms with van der Waals surface area (Å²) >= 11 is 1.33. The molecule has 0 atom stereocenters. The van der Waals surface area contributed by atoms with Crippen LogP contribution in [0.15, 0.2) is 42.7 Å². The van der Waals surface area contributed by atoms with Gasteiger partial charge in [0.15, 0.2) is 5.82 Å². The lowest BCUT2D eigenvalue weighted by atomic mass is 10.2. The Labute approximate surface area is 140 Å². The SMILES string of the molecule is COC(=O)c1ccc(Cn2cnc(-c3ccc([N+](=O)[O-])cc3)n2)s1. The van der Waals surface area contributed by atoms with E-state index in [0.29, 0.717) is 22.8 Å². The summed E-state index contributed by atoms with van der Waals surface area (Å²) < 4.78 is 6.32. The Bertz CT molecular complexity index is 885. The maximum atomic E-state index is 11.4. The molecule has 9 heteroatoms. The number of ether oxygens (including phenoxy) is 1. The van der Waals surface area contributed by atoms with E-state index in [9.17, 15) is 14.9 Å². The zero-order chi connectivity index (χ0) is 17.1. The van der Waals surface area contributed by atoms with Crippen molar-refractivity contribution < 1.29 is 14.5 Å². The van der Waals surface area contributed by atoms with Gasteiger partial charge in [-0.3, -0.25) is 10.1 Å². The summed E-state index contributed by atoms with van der Waals surface area (Å²) in [6, 6.07) is 9.59. The van der Waals surface area contributed by atoms with Gasteiger partial charge in [0.2, 0.25) is 0 Å². The van der Waals surface area contributed by atoms with Gasteiger partial charge in [0.25, 0.3) is 5.69 Å². The number of hydrogen-bond acceptors (Lipinski definition) is 7. The number of hydrogen-bond donors (Lipinski definition) is 0. The minimum Gasteiger partial charge on any atom is -0.465 e. The number of methoxy groups -OCH3 is 1. The first-order chi connectivity index (χ1) is 11.6. The quantitative estimate of drug-likeness (QED) is 0.401. The largest absolute Gasteiger partial charge is 0.465 e. The van der Waals surface area contributed by atoms with Crippen molar-refractivity contribution in [1.82, 2.24) is 14.8 Å². The highest BCUT2D eigenvalue weighted by atomic mass is 32.1.